The number of hydrogen-bond donors (Lipinski definition) is 1. The number of carbonyl (C=O) groups is 2. The molecule has 1 atom stereocenters. The van der Waals surface area contributed by atoms with Gasteiger partial charge in [-0.2, -0.15) is 0 Å². The van der Waals surface area contributed by atoms with Gasteiger partial charge in [-0.15, -0.1) is 0 Å². The Hall–Kier alpha value is -2.87. The number of rotatable bonds is 8. The summed E-state index contributed by atoms with van der Waals surface area (Å²) in [6, 6.07) is 15.4. The van der Waals surface area contributed by atoms with Crippen LogP contribution in [0.25, 0.3) is 0 Å². The van der Waals surface area contributed by atoms with Crippen LogP contribution in [0, 0.1) is 6.92 Å². The Morgan fingerprint density at radius 1 is 1.07 bits per heavy atom. The average molecular weight is 418 g/mol. The Morgan fingerprint density at radius 3 is 2.28 bits per heavy atom. The van der Waals surface area contributed by atoms with E-state index in [1.165, 1.54) is 11.9 Å². The third-order valence-corrected chi connectivity index (χ3v) is 5.72. The second kappa shape index (κ2) is 9.56. The highest BCUT2D eigenvalue weighted by Crippen LogP contribution is 2.20. The largest absolute Gasteiger partial charge is 0.357 e. The van der Waals surface area contributed by atoms with Gasteiger partial charge in [-0.25, -0.2) is 8.42 Å². The van der Waals surface area contributed by atoms with Crippen LogP contribution >= 0.6 is 0 Å². The number of aryl methyl sites for hydroxylation is 1. The van der Waals surface area contributed by atoms with Crippen LogP contribution in [0.15, 0.2) is 54.6 Å². The van der Waals surface area contributed by atoms with Crippen LogP contribution in [0.5, 0.6) is 0 Å². The van der Waals surface area contributed by atoms with Crippen molar-refractivity contribution < 1.29 is 18.0 Å². The van der Waals surface area contributed by atoms with E-state index in [1.807, 2.05) is 43.3 Å². The summed E-state index contributed by atoms with van der Waals surface area (Å²) >= 11 is 0. The number of carbonyl (C=O) groups excluding carboxylic acids is 2. The van der Waals surface area contributed by atoms with E-state index in [0.29, 0.717) is 5.69 Å². The van der Waals surface area contributed by atoms with Crippen LogP contribution in [-0.4, -0.2) is 51.0 Å². The molecule has 2 amide bonds. The molecule has 0 aliphatic carbocycles. The molecule has 8 heteroatoms. The maximum atomic E-state index is 13.2. The molecule has 0 aliphatic rings. The molecular weight excluding hydrogens is 390 g/mol. The van der Waals surface area contributed by atoms with E-state index in [4.69, 9.17) is 0 Å². The van der Waals surface area contributed by atoms with Crippen molar-refractivity contribution in [1.82, 2.24) is 10.2 Å². The maximum Gasteiger partial charge on any atom is 0.244 e. The standard InChI is InChI=1S/C21H27N3O4S/c1-16-9-8-12-19(13-16)24(29(4,27)28)15-20(25)23(17(2)21(26)22-3)14-18-10-6-5-7-11-18/h5-13,17H,14-15H2,1-4H3,(H,22,26)/t17-/m0/s1. The normalized spacial score (nSPS) is 12.1. The molecule has 0 bridgehead atoms. The molecule has 0 fully saturated rings. The van der Waals surface area contributed by atoms with Crippen molar-refractivity contribution in [2.75, 3.05) is 24.2 Å². The third-order valence-electron chi connectivity index (χ3n) is 4.58. The smallest absolute Gasteiger partial charge is 0.244 e. The molecule has 0 saturated carbocycles. The Bertz CT molecular complexity index is 961. The fourth-order valence-electron chi connectivity index (χ4n) is 2.97. The zero-order valence-corrected chi connectivity index (χ0v) is 17.9. The Labute approximate surface area is 172 Å². The quantitative estimate of drug-likeness (QED) is 0.711. The lowest BCUT2D eigenvalue weighted by atomic mass is 10.1. The van der Waals surface area contributed by atoms with Crippen molar-refractivity contribution in [3.05, 3.63) is 65.7 Å². The minimum Gasteiger partial charge on any atom is -0.357 e. The van der Waals surface area contributed by atoms with Crippen molar-refractivity contribution in [2.24, 2.45) is 0 Å². The number of nitrogens with zero attached hydrogens (tertiary/aromatic N) is 2. The first-order chi connectivity index (χ1) is 13.6. The Kier molecular flexibility index (Phi) is 7.39. The van der Waals surface area contributed by atoms with Crippen molar-refractivity contribution >= 4 is 27.5 Å². The predicted molar refractivity (Wildman–Crippen MR) is 114 cm³/mol. The topological polar surface area (TPSA) is 86.8 Å². The highest BCUT2D eigenvalue weighted by Gasteiger charge is 2.29. The molecule has 7 nitrogen and oxygen atoms in total. The second-order valence-corrected chi connectivity index (χ2v) is 8.81. The summed E-state index contributed by atoms with van der Waals surface area (Å²) in [5.41, 5.74) is 2.13. The first-order valence-electron chi connectivity index (χ1n) is 9.23. The highest BCUT2D eigenvalue weighted by atomic mass is 32.2. The van der Waals surface area contributed by atoms with Crippen molar-refractivity contribution in [2.45, 2.75) is 26.4 Å². The van der Waals surface area contributed by atoms with Crippen molar-refractivity contribution in [1.29, 1.82) is 0 Å². The second-order valence-electron chi connectivity index (χ2n) is 6.91. The molecule has 0 aliphatic heterocycles. The van der Waals surface area contributed by atoms with Gasteiger partial charge in [-0.1, -0.05) is 42.5 Å². The predicted octanol–water partition coefficient (Wildman–Crippen LogP) is 1.92. The fourth-order valence-corrected chi connectivity index (χ4v) is 3.81. The molecule has 0 spiro atoms. The summed E-state index contributed by atoms with van der Waals surface area (Å²) in [6.45, 7) is 3.27. The zero-order valence-electron chi connectivity index (χ0n) is 17.1. The van der Waals surface area contributed by atoms with Gasteiger partial charge in [0.15, 0.2) is 0 Å². The zero-order chi connectivity index (χ0) is 21.6. The Morgan fingerprint density at radius 2 is 1.72 bits per heavy atom. The van der Waals surface area contributed by atoms with E-state index < -0.39 is 28.5 Å². The van der Waals surface area contributed by atoms with Crippen LogP contribution in [0.2, 0.25) is 0 Å². The number of amides is 2. The monoisotopic (exact) mass is 417 g/mol. The van der Waals surface area contributed by atoms with E-state index >= 15 is 0 Å². The molecule has 29 heavy (non-hydrogen) atoms. The molecule has 0 heterocycles. The lowest BCUT2D eigenvalue weighted by molar-refractivity contribution is -0.139. The third kappa shape index (κ3) is 6.05. The summed E-state index contributed by atoms with van der Waals surface area (Å²) in [7, 11) is -2.20. The minimum absolute atomic E-state index is 0.194. The number of benzene rings is 2. The van der Waals surface area contributed by atoms with Gasteiger partial charge < -0.3 is 10.2 Å². The van der Waals surface area contributed by atoms with E-state index in [1.54, 1.807) is 25.1 Å². The molecule has 0 unspecified atom stereocenters. The number of hydrogen-bond acceptors (Lipinski definition) is 4. The van der Waals surface area contributed by atoms with E-state index in [-0.39, 0.29) is 12.5 Å². The maximum absolute atomic E-state index is 13.2. The average Bonchev–Trinajstić information content (AvgIpc) is 2.68. The summed E-state index contributed by atoms with van der Waals surface area (Å²) in [6.07, 6.45) is 1.06. The number of nitrogens with one attached hydrogen (secondary N) is 1. The van der Waals surface area contributed by atoms with Crippen LogP contribution in [0.1, 0.15) is 18.1 Å². The van der Waals surface area contributed by atoms with Crippen molar-refractivity contribution in [3.8, 4) is 0 Å². The molecule has 156 valence electrons. The first-order valence-corrected chi connectivity index (χ1v) is 11.1. The lowest BCUT2D eigenvalue weighted by Gasteiger charge is -2.31. The molecule has 2 aromatic rings. The molecule has 2 rings (SSSR count). The van der Waals surface area contributed by atoms with Crippen LogP contribution < -0.4 is 9.62 Å². The van der Waals surface area contributed by atoms with Gasteiger partial charge in [0.05, 0.1) is 11.9 Å². The van der Waals surface area contributed by atoms with Gasteiger partial charge in [0.25, 0.3) is 0 Å². The number of anilines is 1. The SMILES string of the molecule is CNC(=O)[C@H](C)N(Cc1ccccc1)C(=O)CN(c1cccc(C)c1)S(C)(=O)=O. The van der Waals surface area contributed by atoms with Crippen LogP contribution in [-0.2, 0) is 26.2 Å². The fraction of sp³-hybridized carbons (Fsp3) is 0.333. The number of likely N-dealkylation sites (N-methyl/N-ethyl adjacent to an activating group) is 1. The molecule has 0 radical (unpaired) electrons. The van der Waals surface area contributed by atoms with Gasteiger partial charge in [0.2, 0.25) is 21.8 Å². The lowest BCUT2D eigenvalue weighted by Crippen LogP contribution is -2.50. The van der Waals surface area contributed by atoms with E-state index in [0.717, 1.165) is 21.7 Å². The summed E-state index contributed by atoms with van der Waals surface area (Å²) in [4.78, 5) is 26.8. The van der Waals surface area contributed by atoms with Crippen molar-refractivity contribution in [3.63, 3.8) is 0 Å². The summed E-state index contributed by atoms with van der Waals surface area (Å²) in [5.74, 6) is -0.785. The van der Waals surface area contributed by atoms with Gasteiger partial charge in [0.1, 0.15) is 12.6 Å². The molecular formula is C21H27N3O4S. The molecule has 0 aromatic heterocycles. The Balaban J connectivity index is 2.36. The highest BCUT2D eigenvalue weighted by molar-refractivity contribution is 7.92. The van der Waals surface area contributed by atoms with E-state index in [9.17, 15) is 18.0 Å². The number of sulfonamides is 1. The van der Waals surface area contributed by atoms with Gasteiger partial charge in [-0.05, 0) is 37.1 Å². The molecule has 2 aromatic carbocycles. The molecule has 0 saturated heterocycles. The van der Waals surface area contributed by atoms with Gasteiger partial charge in [0, 0.05) is 13.6 Å². The molecule has 1 N–H and O–H groups in total. The minimum atomic E-state index is -3.70. The summed E-state index contributed by atoms with van der Waals surface area (Å²) < 4.78 is 25.9. The summed E-state index contributed by atoms with van der Waals surface area (Å²) in [5, 5.41) is 2.54. The van der Waals surface area contributed by atoms with Crippen LogP contribution in [0.4, 0.5) is 5.69 Å². The van der Waals surface area contributed by atoms with E-state index in [2.05, 4.69) is 5.32 Å². The van der Waals surface area contributed by atoms with Crippen LogP contribution in [0.3, 0.4) is 0 Å². The van der Waals surface area contributed by atoms with Gasteiger partial charge in [-0.3, -0.25) is 13.9 Å². The van der Waals surface area contributed by atoms with Gasteiger partial charge >= 0.3 is 0 Å². The first kappa shape index (κ1) is 22.4.